The standard InChI is InChI=1S/C19H28N2O.ClH/c1-14(16-8-5-9-20-13-16)10-19(22)21-18-11-17(12-18)15-6-3-2-4-7-15;/h2-4,6-7,14,16-18,20H,5,8-13H2,1H3,(H,21,22);1H. The molecule has 2 fully saturated rings. The number of hydrogen-bond donors (Lipinski definition) is 2. The van der Waals surface area contributed by atoms with Gasteiger partial charge < -0.3 is 10.6 Å². The van der Waals surface area contributed by atoms with Gasteiger partial charge in [-0.1, -0.05) is 37.3 Å². The molecule has 2 aliphatic rings. The lowest BCUT2D eigenvalue weighted by molar-refractivity contribution is -0.123. The van der Waals surface area contributed by atoms with E-state index in [0.717, 1.165) is 25.9 Å². The summed E-state index contributed by atoms with van der Waals surface area (Å²) in [4.78, 5) is 12.2. The number of halogens is 1. The van der Waals surface area contributed by atoms with E-state index in [1.165, 1.54) is 18.4 Å². The first-order valence-electron chi connectivity index (χ1n) is 8.77. The molecule has 2 unspecified atom stereocenters. The highest BCUT2D eigenvalue weighted by Crippen LogP contribution is 2.36. The third kappa shape index (κ3) is 4.95. The second-order valence-corrected chi connectivity index (χ2v) is 7.13. The smallest absolute Gasteiger partial charge is 0.220 e. The quantitative estimate of drug-likeness (QED) is 0.864. The minimum atomic E-state index is 0. The molecular weight excluding hydrogens is 308 g/mol. The molecule has 3 nitrogen and oxygen atoms in total. The SMILES string of the molecule is CC(CC(=O)NC1CC(c2ccccc2)C1)C1CCCNC1.Cl. The van der Waals surface area contributed by atoms with E-state index >= 15 is 0 Å². The first kappa shape index (κ1) is 18.3. The maximum absolute atomic E-state index is 12.2. The molecule has 1 aliphatic carbocycles. The lowest BCUT2D eigenvalue weighted by Gasteiger charge is -2.36. The Morgan fingerprint density at radius 3 is 2.70 bits per heavy atom. The molecule has 1 aromatic rings. The monoisotopic (exact) mass is 336 g/mol. The van der Waals surface area contributed by atoms with Gasteiger partial charge >= 0.3 is 0 Å². The number of nitrogens with one attached hydrogen (secondary N) is 2. The fourth-order valence-electron chi connectivity index (χ4n) is 3.84. The molecule has 1 heterocycles. The van der Waals surface area contributed by atoms with Crippen molar-refractivity contribution in [2.24, 2.45) is 11.8 Å². The van der Waals surface area contributed by atoms with Crippen LogP contribution in [0.1, 0.15) is 50.5 Å². The average molecular weight is 337 g/mol. The van der Waals surface area contributed by atoms with E-state index in [0.29, 0.717) is 30.2 Å². The fourth-order valence-corrected chi connectivity index (χ4v) is 3.84. The van der Waals surface area contributed by atoms with Crippen molar-refractivity contribution in [1.82, 2.24) is 10.6 Å². The highest BCUT2D eigenvalue weighted by Gasteiger charge is 2.31. The van der Waals surface area contributed by atoms with Crippen LogP contribution in [0.15, 0.2) is 30.3 Å². The molecule has 1 amide bonds. The zero-order valence-corrected chi connectivity index (χ0v) is 14.8. The van der Waals surface area contributed by atoms with Gasteiger partial charge in [0, 0.05) is 12.5 Å². The molecule has 0 spiro atoms. The van der Waals surface area contributed by atoms with E-state index in [1.54, 1.807) is 0 Å². The lowest BCUT2D eigenvalue weighted by Crippen LogP contribution is -2.44. The summed E-state index contributed by atoms with van der Waals surface area (Å²) < 4.78 is 0. The van der Waals surface area contributed by atoms with Crippen molar-refractivity contribution in [2.45, 2.75) is 51.0 Å². The first-order chi connectivity index (χ1) is 10.7. The zero-order valence-electron chi connectivity index (χ0n) is 14.0. The molecule has 2 atom stereocenters. The van der Waals surface area contributed by atoms with Crippen molar-refractivity contribution in [1.29, 1.82) is 0 Å². The molecule has 1 aromatic carbocycles. The largest absolute Gasteiger partial charge is 0.353 e. The normalized spacial score (nSPS) is 28.1. The Morgan fingerprint density at radius 1 is 1.30 bits per heavy atom. The van der Waals surface area contributed by atoms with Crippen LogP contribution in [-0.4, -0.2) is 25.0 Å². The Balaban J connectivity index is 0.00000192. The van der Waals surface area contributed by atoms with Gasteiger partial charge in [0.15, 0.2) is 0 Å². The van der Waals surface area contributed by atoms with Crippen LogP contribution in [0.2, 0.25) is 0 Å². The fraction of sp³-hybridized carbons (Fsp3) is 0.632. The Bertz CT molecular complexity index is 481. The first-order valence-corrected chi connectivity index (χ1v) is 8.77. The Labute approximate surface area is 146 Å². The third-order valence-corrected chi connectivity index (χ3v) is 5.42. The summed E-state index contributed by atoms with van der Waals surface area (Å²) in [5, 5.41) is 6.67. The summed E-state index contributed by atoms with van der Waals surface area (Å²) >= 11 is 0. The van der Waals surface area contributed by atoms with Crippen LogP contribution >= 0.6 is 12.4 Å². The van der Waals surface area contributed by atoms with E-state index in [2.05, 4.69) is 47.9 Å². The van der Waals surface area contributed by atoms with E-state index in [9.17, 15) is 4.79 Å². The topological polar surface area (TPSA) is 41.1 Å². The van der Waals surface area contributed by atoms with Crippen LogP contribution in [0.25, 0.3) is 0 Å². The van der Waals surface area contributed by atoms with E-state index < -0.39 is 0 Å². The second kappa shape index (κ2) is 8.70. The Hall–Kier alpha value is -1.06. The van der Waals surface area contributed by atoms with Crippen LogP contribution in [0.3, 0.4) is 0 Å². The van der Waals surface area contributed by atoms with Crippen molar-refractivity contribution < 1.29 is 4.79 Å². The van der Waals surface area contributed by atoms with Gasteiger partial charge in [0.2, 0.25) is 5.91 Å². The zero-order chi connectivity index (χ0) is 15.4. The molecule has 0 bridgehead atoms. The molecule has 128 valence electrons. The van der Waals surface area contributed by atoms with E-state index in [1.807, 2.05) is 0 Å². The highest BCUT2D eigenvalue weighted by atomic mass is 35.5. The van der Waals surface area contributed by atoms with Crippen LogP contribution in [0, 0.1) is 11.8 Å². The van der Waals surface area contributed by atoms with Gasteiger partial charge in [0.1, 0.15) is 0 Å². The number of rotatable bonds is 5. The molecule has 23 heavy (non-hydrogen) atoms. The predicted molar refractivity (Wildman–Crippen MR) is 97.0 cm³/mol. The summed E-state index contributed by atoms with van der Waals surface area (Å²) in [7, 11) is 0. The average Bonchev–Trinajstić information content (AvgIpc) is 2.52. The molecule has 2 N–H and O–H groups in total. The summed E-state index contributed by atoms with van der Waals surface area (Å²) in [6.07, 6.45) is 5.38. The lowest BCUT2D eigenvalue weighted by atomic mass is 9.75. The number of benzene rings is 1. The molecule has 3 rings (SSSR count). The maximum atomic E-state index is 12.2. The van der Waals surface area contributed by atoms with Crippen LogP contribution < -0.4 is 10.6 Å². The number of amides is 1. The van der Waals surface area contributed by atoms with Crippen molar-refractivity contribution in [3.05, 3.63) is 35.9 Å². The molecule has 1 saturated heterocycles. The van der Waals surface area contributed by atoms with Gasteiger partial charge in [-0.15, -0.1) is 12.4 Å². The molecule has 0 aromatic heterocycles. The van der Waals surface area contributed by atoms with Crippen LogP contribution in [0.5, 0.6) is 0 Å². The molecule has 1 saturated carbocycles. The van der Waals surface area contributed by atoms with Crippen molar-refractivity contribution in [3.8, 4) is 0 Å². The Kier molecular flexibility index (Phi) is 6.91. The predicted octanol–water partition coefficient (Wildman–Crippen LogP) is 3.50. The number of carbonyl (C=O) groups excluding carboxylic acids is 1. The van der Waals surface area contributed by atoms with Crippen molar-refractivity contribution in [2.75, 3.05) is 13.1 Å². The van der Waals surface area contributed by atoms with Crippen molar-refractivity contribution >= 4 is 18.3 Å². The third-order valence-electron chi connectivity index (χ3n) is 5.42. The number of hydrogen-bond acceptors (Lipinski definition) is 2. The maximum Gasteiger partial charge on any atom is 0.220 e. The van der Waals surface area contributed by atoms with Gasteiger partial charge in [-0.2, -0.15) is 0 Å². The van der Waals surface area contributed by atoms with Gasteiger partial charge in [-0.3, -0.25) is 4.79 Å². The molecule has 4 heteroatoms. The number of carbonyl (C=O) groups is 1. The number of piperidine rings is 1. The highest BCUT2D eigenvalue weighted by molar-refractivity contribution is 5.85. The van der Waals surface area contributed by atoms with Gasteiger partial charge in [0.05, 0.1) is 0 Å². The second-order valence-electron chi connectivity index (χ2n) is 7.13. The minimum absolute atomic E-state index is 0. The van der Waals surface area contributed by atoms with Gasteiger partial charge in [-0.05, 0) is 62.1 Å². The summed E-state index contributed by atoms with van der Waals surface area (Å²) in [5.41, 5.74) is 1.41. The van der Waals surface area contributed by atoms with Crippen LogP contribution in [0.4, 0.5) is 0 Å². The summed E-state index contributed by atoms with van der Waals surface area (Å²) in [6, 6.07) is 11.0. The van der Waals surface area contributed by atoms with Crippen molar-refractivity contribution in [3.63, 3.8) is 0 Å². The van der Waals surface area contributed by atoms with E-state index in [4.69, 9.17) is 0 Å². The van der Waals surface area contributed by atoms with Gasteiger partial charge in [0.25, 0.3) is 0 Å². The molecule has 0 radical (unpaired) electrons. The van der Waals surface area contributed by atoms with Gasteiger partial charge in [-0.25, -0.2) is 0 Å². The summed E-state index contributed by atoms with van der Waals surface area (Å²) in [5.74, 6) is 2.02. The van der Waals surface area contributed by atoms with Crippen LogP contribution in [-0.2, 0) is 4.79 Å². The molecule has 1 aliphatic heterocycles. The minimum Gasteiger partial charge on any atom is -0.353 e. The Morgan fingerprint density at radius 2 is 2.04 bits per heavy atom. The summed E-state index contributed by atoms with van der Waals surface area (Å²) in [6.45, 7) is 4.44. The van der Waals surface area contributed by atoms with E-state index in [-0.39, 0.29) is 18.3 Å². The molecular formula is C19H29ClN2O.